The lowest BCUT2D eigenvalue weighted by atomic mass is 9.96. The number of likely N-dealkylation sites (tertiary alicyclic amines) is 1. The van der Waals surface area contributed by atoms with Gasteiger partial charge in [0.2, 0.25) is 10.0 Å². The van der Waals surface area contributed by atoms with E-state index in [0.29, 0.717) is 31.9 Å². The van der Waals surface area contributed by atoms with E-state index in [-0.39, 0.29) is 21.8 Å². The van der Waals surface area contributed by atoms with Crippen molar-refractivity contribution in [3.8, 4) is 0 Å². The largest absolute Gasteiger partial charge is 0.507 e. The highest BCUT2D eigenvalue weighted by atomic mass is 32.2. The molecule has 186 valence electrons. The predicted molar refractivity (Wildman–Crippen MR) is 127 cm³/mol. The summed E-state index contributed by atoms with van der Waals surface area (Å²) in [5.74, 6) is -1.81. The fourth-order valence-electron chi connectivity index (χ4n) is 4.33. The van der Waals surface area contributed by atoms with Crippen molar-refractivity contribution in [3.63, 3.8) is 0 Å². The summed E-state index contributed by atoms with van der Waals surface area (Å²) < 4.78 is 31.2. The Labute approximate surface area is 204 Å². The maximum atomic E-state index is 13.1. The van der Waals surface area contributed by atoms with Crippen LogP contribution in [0.5, 0.6) is 0 Å². The molecule has 2 fully saturated rings. The molecule has 11 heteroatoms. The van der Waals surface area contributed by atoms with E-state index in [1.807, 2.05) is 0 Å². The maximum absolute atomic E-state index is 13.1. The number of sulfonamides is 1. The number of morpholine rings is 1. The van der Waals surface area contributed by atoms with Crippen LogP contribution in [0.1, 0.15) is 17.2 Å². The minimum Gasteiger partial charge on any atom is -0.507 e. The van der Waals surface area contributed by atoms with Crippen LogP contribution in [0.15, 0.2) is 59.3 Å². The molecule has 35 heavy (non-hydrogen) atoms. The zero-order valence-corrected chi connectivity index (χ0v) is 20.5. The third kappa shape index (κ3) is 4.98. The molecule has 2 aliphatic heterocycles. The van der Waals surface area contributed by atoms with Gasteiger partial charge in [-0.1, -0.05) is 6.07 Å². The van der Waals surface area contributed by atoms with E-state index in [9.17, 15) is 23.1 Å². The molecule has 0 spiro atoms. The number of quaternary nitrogens is 1. The van der Waals surface area contributed by atoms with Gasteiger partial charge in [0.05, 0.1) is 42.8 Å². The van der Waals surface area contributed by atoms with Crippen LogP contribution < -0.4 is 4.90 Å². The Balaban J connectivity index is 1.71. The molecule has 0 saturated carbocycles. The van der Waals surface area contributed by atoms with Gasteiger partial charge in [-0.2, -0.15) is 0 Å². The third-order valence-electron chi connectivity index (χ3n) is 6.35. The van der Waals surface area contributed by atoms with Crippen LogP contribution in [0.25, 0.3) is 5.76 Å². The summed E-state index contributed by atoms with van der Waals surface area (Å²) in [7, 11) is -0.796. The Bertz CT molecular complexity index is 1220. The van der Waals surface area contributed by atoms with Crippen LogP contribution in [0.3, 0.4) is 0 Å². The SMILES string of the molecule is CN(C)S(=O)(=O)c1ccc(C(O)=C2C(=O)C(=O)N(CC[NH+]3CCOCC3)[C@@H]2c2cccnc2)cc1. The van der Waals surface area contributed by atoms with Crippen molar-refractivity contribution in [2.45, 2.75) is 10.9 Å². The summed E-state index contributed by atoms with van der Waals surface area (Å²) in [6.45, 7) is 3.92. The Morgan fingerprint density at radius 1 is 1.17 bits per heavy atom. The van der Waals surface area contributed by atoms with E-state index >= 15 is 0 Å². The maximum Gasteiger partial charge on any atom is 0.295 e. The van der Waals surface area contributed by atoms with Gasteiger partial charge in [0.1, 0.15) is 18.8 Å². The molecule has 2 N–H and O–H groups in total. The molecule has 0 unspecified atom stereocenters. The van der Waals surface area contributed by atoms with Gasteiger partial charge in [0, 0.05) is 32.1 Å². The monoisotopic (exact) mass is 501 g/mol. The van der Waals surface area contributed by atoms with E-state index in [1.54, 1.807) is 24.5 Å². The summed E-state index contributed by atoms with van der Waals surface area (Å²) >= 11 is 0. The molecule has 1 aromatic heterocycles. The van der Waals surface area contributed by atoms with E-state index in [2.05, 4.69) is 4.98 Å². The number of Topliss-reactive ketones (excluding diaryl/α,β-unsaturated/α-hetero) is 1. The summed E-state index contributed by atoms with van der Waals surface area (Å²) in [4.78, 5) is 33.1. The van der Waals surface area contributed by atoms with E-state index < -0.39 is 27.8 Å². The highest BCUT2D eigenvalue weighted by Gasteiger charge is 2.46. The number of nitrogens with one attached hydrogen (secondary N) is 1. The lowest BCUT2D eigenvalue weighted by Crippen LogP contribution is -3.14. The summed E-state index contributed by atoms with van der Waals surface area (Å²) in [5, 5.41) is 11.2. The number of ether oxygens (including phenoxy) is 1. The number of aromatic nitrogens is 1. The lowest BCUT2D eigenvalue weighted by Gasteiger charge is -2.29. The number of rotatable bonds is 7. The van der Waals surface area contributed by atoms with E-state index in [1.165, 1.54) is 48.2 Å². The van der Waals surface area contributed by atoms with Crippen molar-refractivity contribution in [2.24, 2.45) is 0 Å². The minimum absolute atomic E-state index is 0.0387. The molecule has 0 bridgehead atoms. The van der Waals surface area contributed by atoms with E-state index in [4.69, 9.17) is 4.74 Å². The minimum atomic E-state index is -3.65. The topological polar surface area (TPSA) is 122 Å². The average Bonchev–Trinajstić information content (AvgIpc) is 3.13. The second-order valence-electron chi connectivity index (χ2n) is 8.70. The molecule has 4 rings (SSSR count). The number of carbonyl (C=O) groups excluding carboxylic acids is 2. The number of nitrogens with zero attached hydrogens (tertiary/aromatic N) is 3. The molecule has 0 aliphatic carbocycles. The number of aliphatic hydroxyl groups is 1. The highest BCUT2D eigenvalue weighted by molar-refractivity contribution is 7.89. The summed E-state index contributed by atoms with van der Waals surface area (Å²) in [6, 6.07) is 8.26. The third-order valence-corrected chi connectivity index (χ3v) is 8.18. The van der Waals surface area contributed by atoms with Crippen LogP contribution in [0.2, 0.25) is 0 Å². The molecule has 1 amide bonds. The molecule has 2 aliphatic rings. The van der Waals surface area contributed by atoms with Crippen LogP contribution in [0, 0.1) is 0 Å². The van der Waals surface area contributed by atoms with Crippen LogP contribution in [-0.4, -0.2) is 92.9 Å². The second-order valence-corrected chi connectivity index (χ2v) is 10.9. The number of amides is 1. The number of ketones is 1. The van der Waals surface area contributed by atoms with Gasteiger partial charge in [-0.25, -0.2) is 12.7 Å². The Morgan fingerprint density at radius 2 is 1.86 bits per heavy atom. The molecule has 3 heterocycles. The standard InChI is InChI=1S/C24H28N4O6S/c1-26(2)35(32,33)19-7-5-17(6-8-19)22(29)20-21(18-4-3-9-25-16-18)28(24(31)23(20)30)11-10-27-12-14-34-15-13-27/h3-9,16,21,29H,10-15H2,1-2H3/p+1/t21-/m1/s1. The Hall–Kier alpha value is -3.12. The average molecular weight is 502 g/mol. The first-order valence-electron chi connectivity index (χ1n) is 11.3. The zero-order valence-electron chi connectivity index (χ0n) is 19.7. The quantitative estimate of drug-likeness (QED) is 0.303. The van der Waals surface area contributed by atoms with Crippen LogP contribution in [-0.2, 0) is 24.3 Å². The molecular formula is C24H29N4O6S+. The van der Waals surface area contributed by atoms with Crippen LogP contribution in [0.4, 0.5) is 0 Å². The molecule has 2 aromatic rings. The van der Waals surface area contributed by atoms with Gasteiger partial charge in [0.25, 0.3) is 11.7 Å². The fraction of sp³-hybridized carbons (Fsp3) is 0.375. The van der Waals surface area contributed by atoms with Crippen molar-refractivity contribution in [1.82, 2.24) is 14.2 Å². The van der Waals surface area contributed by atoms with Crippen molar-refractivity contribution in [3.05, 3.63) is 65.5 Å². The molecule has 1 aromatic carbocycles. The predicted octanol–water partition coefficient (Wildman–Crippen LogP) is -0.331. The van der Waals surface area contributed by atoms with E-state index in [0.717, 1.165) is 17.4 Å². The fourth-order valence-corrected chi connectivity index (χ4v) is 5.24. The number of hydrogen-bond acceptors (Lipinski definition) is 7. The number of pyridine rings is 1. The normalized spacial score (nSPS) is 21.1. The molecule has 0 radical (unpaired) electrons. The van der Waals surface area contributed by atoms with Crippen molar-refractivity contribution in [2.75, 3.05) is 53.5 Å². The second kappa shape index (κ2) is 10.2. The first-order chi connectivity index (χ1) is 16.7. The summed E-state index contributed by atoms with van der Waals surface area (Å²) in [5.41, 5.74) is 0.814. The first-order valence-corrected chi connectivity index (χ1v) is 12.8. The van der Waals surface area contributed by atoms with Crippen molar-refractivity contribution >= 4 is 27.5 Å². The van der Waals surface area contributed by atoms with Gasteiger partial charge in [-0.15, -0.1) is 0 Å². The number of carbonyl (C=O) groups is 2. The summed E-state index contributed by atoms with van der Waals surface area (Å²) in [6.07, 6.45) is 3.17. The van der Waals surface area contributed by atoms with Crippen LogP contribution >= 0.6 is 0 Å². The number of hydrogen-bond donors (Lipinski definition) is 2. The van der Waals surface area contributed by atoms with Gasteiger partial charge >= 0.3 is 0 Å². The number of aliphatic hydroxyl groups excluding tert-OH is 1. The highest BCUT2D eigenvalue weighted by Crippen LogP contribution is 2.38. The van der Waals surface area contributed by atoms with Gasteiger partial charge in [-0.3, -0.25) is 14.6 Å². The first kappa shape index (κ1) is 25.0. The zero-order chi connectivity index (χ0) is 25.2. The molecule has 2 saturated heterocycles. The van der Waals surface area contributed by atoms with Crippen molar-refractivity contribution < 1.29 is 32.8 Å². The molecular weight excluding hydrogens is 472 g/mol. The smallest absolute Gasteiger partial charge is 0.295 e. The van der Waals surface area contributed by atoms with Gasteiger partial charge in [-0.05, 0) is 35.9 Å². The van der Waals surface area contributed by atoms with Crippen molar-refractivity contribution in [1.29, 1.82) is 0 Å². The Kier molecular flexibility index (Phi) is 7.31. The lowest BCUT2D eigenvalue weighted by molar-refractivity contribution is -0.907. The number of benzene rings is 1. The van der Waals surface area contributed by atoms with Gasteiger partial charge < -0.3 is 19.6 Å². The van der Waals surface area contributed by atoms with Gasteiger partial charge in [0.15, 0.2) is 0 Å². The Morgan fingerprint density at radius 3 is 2.46 bits per heavy atom. The molecule has 1 atom stereocenters. The molecule has 10 nitrogen and oxygen atoms in total.